The third kappa shape index (κ3) is 3.71. The molecule has 0 radical (unpaired) electrons. The monoisotopic (exact) mass is 322 g/mol. The van der Waals surface area contributed by atoms with Crippen LogP contribution in [0.1, 0.15) is 37.9 Å². The number of aryl methyl sites for hydroxylation is 2. The van der Waals surface area contributed by atoms with Gasteiger partial charge in [-0.1, -0.05) is 20.8 Å². The van der Waals surface area contributed by atoms with Gasteiger partial charge in [-0.15, -0.1) is 11.3 Å². The molecule has 6 nitrogen and oxygen atoms in total. The summed E-state index contributed by atoms with van der Waals surface area (Å²) < 4.78 is 2.03. The highest BCUT2D eigenvalue weighted by Crippen LogP contribution is 2.21. The highest BCUT2D eigenvalue weighted by molar-refractivity contribution is 7.18. The summed E-state index contributed by atoms with van der Waals surface area (Å²) in [6.07, 6.45) is 1.70. The van der Waals surface area contributed by atoms with Crippen molar-refractivity contribution in [3.63, 3.8) is 0 Å². The fraction of sp³-hybridized carbons (Fsp3) is 0.600. The molecule has 2 aromatic heterocycles. The van der Waals surface area contributed by atoms with Crippen LogP contribution in [0.15, 0.2) is 4.79 Å². The molecule has 0 atom stereocenters. The highest BCUT2D eigenvalue weighted by atomic mass is 32.1. The van der Waals surface area contributed by atoms with Crippen molar-refractivity contribution in [2.45, 2.75) is 47.1 Å². The van der Waals surface area contributed by atoms with Crippen LogP contribution in [-0.4, -0.2) is 27.2 Å². The van der Waals surface area contributed by atoms with Crippen LogP contribution in [-0.2, 0) is 17.8 Å². The molecule has 0 fully saturated rings. The van der Waals surface area contributed by atoms with Crippen molar-refractivity contribution in [3.8, 4) is 0 Å². The van der Waals surface area contributed by atoms with Crippen LogP contribution >= 0.6 is 11.3 Å². The number of carbonyl (C=O) groups is 1. The molecule has 0 spiro atoms. The Morgan fingerprint density at radius 3 is 2.77 bits per heavy atom. The lowest BCUT2D eigenvalue weighted by Crippen LogP contribution is -2.34. The fourth-order valence-electron chi connectivity index (χ4n) is 2.10. The summed E-state index contributed by atoms with van der Waals surface area (Å²) in [6.45, 7) is 8.59. The van der Waals surface area contributed by atoms with Gasteiger partial charge in [-0.3, -0.25) is 9.59 Å². The van der Waals surface area contributed by atoms with Gasteiger partial charge in [-0.2, -0.15) is 5.10 Å². The molecule has 120 valence electrons. The van der Waals surface area contributed by atoms with Crippen LogP contribution in [0, 0.1) is 12.8 Å². The fourth-order valence-corrected chi connectivity index (χ4v) is 3.03. The molecule has 22 heavy (non-hydrogen) atoms. The number of hydrogen-bond acceptors (Lipinski definition) is 5. The second-order valence-corrected chi connectivity index (χ2v) is 6.80. The zero-order valence-electron chi connectivity index (χ0n) is 13.5. The van der Waals surface area contributed by atoms with Crippen molar-refractivity contribution >= 4 is 27.5 Å². The van der Waals surface area contributed by atoms with E-state index in [1.165, 1.54) is 16.0 Å². The van der Waals surface area contributed by atoms with Gasteiger partial charge in [0.25, 0.3) is 5.56 Å². The molecule has 2 rings (SSSR count). The van der Waals surface area contributed by atoms with E-state index in [1.807, 2.05) is 13.8 Å². The van der Waals surface area contributed by atoms with Crippen molar-refractivity contribution in [1.82, 2.24) is 20.1 Å². The Kier molecular flexibility index (Phi) is 5.28. The molecule has 0 aliphatic rings. The lowest BCUT2D eigenvalue weighted by molar-refractivity contribution is -0.121. The normalized spacial score (nSPS) is 11.3. The zero-order valence-corrected chi connectivity index (χ0v) is 14.3. The van der Waals surface area contributed by atoms with E-state index in [2.05, 4.69) is 29.2 Å². The minimum Gasteiger partial charge on any atom is -0.354 e. The second-order valence-electron chi connectivity index (χ2n) is 5.72. The average Bonchev–Trinajstić information content (AvgIpc) is 2.89. The molecular weight excluding hydrogens is 300 g/mol. The third-order valence-electron chi connectivity index (χ3n) is 3.35. The van der Waals surface area contributed by atoms with E-state index in [9.17, 15) is 9.59 Å². The quantitative estimate of drug-likeness (QED) is 0.881. The van der Waals surface area contributed by atoms with Crippen molar-refractivity contribution in [2.24, 2.45) is 5.92 Å². The van der Waals surface area contributed by atoms with Gasteiger partial charge in [0.15, 0.2) is 5.52 Å². The average molecular weight is 322 g/mol. The number of aromatic nitrogens is 3. The molecule has 1 N–H and O–H groups in total. The van der Waals surface area contributed by atoms with E-state index in [1.54, 1.807) is 0 Å². The number of thiazole rings is 1. The topological polar surface area (TPSA) is 76.9 Å². The Bertz CT molecular complexity index is 733. The van der Waals surface area contributed by atoms with Crippen LogP contribution in [0.25, 0.3) is 10.2 Å². The van der Waals surface area contributed by atoms with Gasteiger partial charge >= 0.3 is 0 Å². The van der Waals surface area contributed by atoms with E-state index in [4.69, 9.17) is 0 Å². The number of hydrogen-bond donors (Lipinski definition) is 1. The minimum absolute atomic E-state index is 0.0628. The van der Waals surface area contributed by atoms with E-state index < -0.39 is 0 Å². The van der Waals surface area contributed by atoms with E-state index in [0.717, 1.165) is 28.2 Å². The molecule has 7 heteroatoms. The van der Waals surface area contributed by atoms with E-state index in [0.29, 0.717) is 18.0 Å². The predicted octanol–water partition coefficient (Wildman–Crippen LogP) is 1.89. The molecule has 1 amide bonds. The number of rotatable bonds is 6. The number of nitrogens with zero attached hydrogens (tertiary/aromatic N) is 3. The lowest BCUT2D eigenvalue weighted by atomic mass is 10.1. The van der Waals surface area contributed by atoms with E-state index >= 15 is 0 Å². The molecule has 0 bridgehead atoms. The summed E-state index contributed by atoms with van der Waals surface area (Å²) in [4.78, 5) is 28.7. The van der Waals surface area contributed by atoms with Crippen LogP contribution in [0.4, 0.5) is 0 Å². The third-order valence-corrected chi connectivity index (χ3v) is 4.66. The van der Waals surface area contributed by atoms with Crippen LogP contribution < -0.4 is 10.9 Å². The van der Waals surface area contributed by atoms with Crippen LogP contribution in [0.2, 0.25) is 0 Å². The molecule has 0 unspecified atom stereocenters. The molecular formula is C15H22N4O2S. The van der Waals surface area contributed by atoms with Gasteiger partial charge in [-0.05, 0) is 25.7 Å². The Balaban J connectivity index is 2.19. The summed E-state index contributed by atoms with van der Waals surface area (Å²) >= 11 is 1.50. The van der Waals surface area contributed by atoms with Crippen molar-refractivity contribution < 1.29 is 4.79 Å². The van der Waals surface area contributed by atoms with Crippen LogP contribution in [0.3, 0.4) is 0 Å². The van der Waals surface area contributed by atoms with Crippen molar-refractivity contribution in [2.75, 3.05) is 6.54 Å². The SMILES string of the molecule is CCc1nc2c(=O)n(CC(=O)NCCC(C)C)nc(C)c2s1. The number of amides is 1. The first kappa shape index (κ1) is 16.6. The second kappa shape index (κ2) is 7.00. The van der Waals surface area contributed by atoms with E-state index in [-0.39, 0.29) is 18.0 Å². The lowest BCUT2D eigenvalue weighted by Gasteiger charge is -2.08. The molecule has 0 aromatic carbocycles. The summed E-state index contributed by atoms with van der Waals surface area (Å²) in [5.74, 6) is 0.335. The highest BCUT2D eigenvalue weighted by Gasteiger charge is 2.15. The Morgan fingerprint density at radius 1 is 1.41 bits per heavy atom. The maximum absolute atomic E-state index is 12.4. The van der Waals surface area contributed by atoms with Crippen molar-refractivity contribution in [1.29, 1.82) is 0 Å². The van der Waals surface area contributed by atoms with Gasteiger partial charge in [0.2, 0.25) is 5.91 Å². The maximum atomic E-state index is 12.4. The first-order valence-corrected chi connectivity index (χ1v) is 8.37. The Hall–Kier alpha value is -1.76. The largest absolute Gasteiger partial charge is 0.354 e. The van der Waals surface area contributed by atoms with Gasteiger partial charge < -0.3 is 5.32 Å². The maximum Gasteiger partial charge on any atom is 0.294 e. The molecule has 2 heterocycles. The molecule has 2 aromatic rings. The van der Waals surface area contributed by atoms with Gasteiger partial charge in [-0.25, -0.2) is 9.67 Å². The number of nitrogens with one attached hydrogen (secondary N) is 1. The number of fused-ring (bicyclic) bond motifs is 1. The molecule has 0 saturated carbocycles. The van der Waals surface area contributed by atoms with Crippen LogP contribution in [0.5, 0.6) is 0 Å². The van der Waals surface area contributed by atoms with Crippen molar-refractivity contribution in [3.05, 3.63) is 21.1 Å². The predicted molar refractivity (Wildman–Crippen MR) is 88.3 cm³/mol. The first-order chi connectivity index (χ1) is 10.4. The Labute approximate surface area is 133 Å². The van der Waals surface area contributed by atoms with Gasteiger partial charge in [0.1, 0.15) is 6.54 Å². The van der Waals surface area contributed by atoms with Gasteiger partial charge in [0.05, 0.1) is 15.4 Å². The summed E-state index contributed by atoms with van der Waals surface area (Å²) in [5, 5.41) is 7.98. The first-order valence-electron chi connectivity index (χ1n) is 7.56. The Morgan fingerprint density at radius 2 is 2.14 bits per heavy atom. The molecule has 0 aliphatic heterocycles. The summed E-state index contributed by atoms with van der Waals surface area (Å²) in [6, 6.07) is 0. The molecule has 0 aliphatic carbocycles. The molecule has 0 saturated heterocycles. The summed E-state index contributed by atoms with van der Waals surface area (Å²) in [5.41, 5.74) is 0.863. The standard InChI is InChI=1S/C15H22N4O2S/c1-5-12-17-13-14(22-12)10(4)18-19(15(13)21)8-11(20)16-7-6-9(2)3/h9H,5-8H2,1-4H3,(H,16,20). The summed E-state index contributed by atoms with van der Waals surface area (Å²) in [7, 11) is 0. The van der Waals surface area contributed by atoms with Gasteiger partial charge in [0, 0.05) is 6.54 Å². The number of carbonyl (C=O) groups excluding carboxylic acids is 1. The minimum atomic E-state index is -0.296. The zero-order chi connectivity index (χ0) is 16.3. The smallest absolute Gasteiger partial charge is 0.294 e.